The number of benzene rings is 2. The minimum absolute atomic E-state index is 0.175. The number of carbonyl (C=O) groups excluding carboxylic acids is 1. The molecule has 144 valence electrons. The number of carbonyl (C=O) groups is 2. The van der Waals surface area contributed by atoms with Gasteiger partial charge in [0.05, 0.1) is 11.6 Å². The molecule has 2 unspecified atom stereocenters. The third kappa shape index (κ3) is 6.14. The van der Waals surface area contributed by atoms with E-state index < -0.39 is 29.9 Å². The fraction of sp³-hybridized carbons (Fsp3) is 0.263. The average Bonchev–Trinajstić information content (AvgIpc) is 2.62. The largest absolute Gasteiger partial charge is 0.479 e. The van der Waals surface area contributed by atoms with E-state index in [0.29, 0.717) is 10.8 Å². The Labute approximate surface area is 160 Å². The van der Waals surface area contributed by atoms with Gasteiger partial charge in [-0.25, -0.2) is 9.18 Å². The number of ether oxygens (including phenoxy) is 2. The van der Waals surface area contributed by atoms with Gasteiger partial charge in [-0.15, -0.1) is 0 Å². The smallest absolute Gasteiger partial charge is 0.346 e. The van der Waals surface area contributed by atoms with Gasteiger partial charge in [0.25, 0.3) is 5.91 Å². The number of rotatable bonds is 8. The molecule has 0 radical (unpaired) electrons. The van der Waals surface area contributed by atoms with Crippen molar-refractivity contribution < 1.29 is 28.6 Å². The van der Waals surface area contributed by atoms with Crippen LogP contribution >= 0.6 is 11.6 Å². The average molecular weight is 396 g/mol. The molecule has 2 atom stereocenters. The first-order valence-corrected chi connectivity index (χ1v) is 8.49. The van der Waals surface area contributed by atoms with E-state index in [1.807, 2.05) is 13.0 Å². The molecular formula is C19H19ClFNO5. The summed E-state index contributed by atoms with van der Waals surface area (Å²) in [7, 11) is 0. The van der Waals surface area contributed by atoms with Crippen LogP contribution in [0.25, 0.3) is 0 Å². The summed E-state index contributed by atoms with van der Waals surface area (Å²) in [4.78, 5) is 23.5. The number of aliphatic carboxylic acids is 1. The molecule has 27 heavy (non-hydrogen) atoms. The summed E-state index contributed by atoms with van der Waals surface area (Å²) >= 11 is 6.03. The summed E-state index contributed by atoms with van der Waals surface area (Å²) in [5, 5.41) is 12.1. The summed E-state index contributed by atoms with van der Waals surface area (Å²) in [6, 6.07) is 10.1. The molecule has 0 saturated carbocycles. The van der Waals surface area contributed by atoms with Crippen molar-refractivity contribution in [3.05, 3.63) is 58.9 Å². The maximum atomic E-state index is 12.9. The van der Waals surface area contributed by atoms with E-state index in [2.05, 4.69) is 5.32 Å². The lowest BCUT2D eigenvalue weighted by molar-refractivity contribution is -0.145. The lowest BCUT2D eigenvalue weighted by Crippen LogP contribution is -2.44. The Bertz CT molecular complexity index is 812. The van der Waals surface area contributed by atoms with Crippen molar-refractivity contribution in [1.82, 2.24) is 5.32 Å². The second-order valence-electron chi connectivity index (χ2n) is 5.84. The van der Waals surface area contributed by atoms with Gasteiger partial charge in [0.1, 0.15) is 17.3 Å². The first kappa shape index (κ1) is 20.5. The van der Waals surface area contributed by atoms with Crippen molar-refractivity contribution >= 4 is 23.5 Å². The monoisotopic (exact) mass is 395 g/mol. The minimum atomic E-state index is -1.34. The lowest BCUT2D eigenvalue weighted by Gasteiger charge is -2.19. The second-order valence-corrected chi connectivity index (χ2v) is 6.24. The molecule has 0 saturated heterocycles. The number of hydrogen-bond donors (Lipinski definition) is 2. The summed E-state index contributed by atoms with van der Waals surface area (Å²) < 4.78 is 23.7. The van der Waals surface area contributed by atoms with Crippen LogP contribution in [0, 0.1) is 12.7 Å². The topological polar surface area (TPSA) is 84.9 Å². The molecule has 0 aliphatic carbocycles. The number of amides is 1. The van der Waals surface area contributed by atoms with Gasteiger partial charge in [-0.05, 0) is 55.8 Å². The van der Waals surface area contributed by atoms with Gasteiger partial charge in [0.15, 0.2) is 6.10 Å². The predicted molar refractivity (Wildman–Crippen MR) is 97.7 cm³/mol. The molecule has 0 fully saturated rings. The first-order valence-electron chi connectivity index (χ1n) is 8.12. The number of hydrogen-bond acceptors (Lipinski definition) is 4. The molecule has 0 heterocycles. The fourth-order valence-corrected chi connectivity index (χ4v) is 2.30. The molecule has 0 aliphatic heterocycles. The molecular weight excluding hydrogens is 377 g/mol. The highest BCUT2D eigenvalue weighted by Gasteiger charge is 2.23. The maximum Gasteiger partial charge on any atom is 0.346 e. The third-order valence-corrected chi connectivity index (χ3v) is 3.90. The maximum absolute atomic E-state index is 12.9. The molecule has 2 rings (SSSR count). The van der Waals surface area contributed by atoms with Crippen LogP contribution in [0.15, 0.2) is 42.5 Å². The summed E-state index contributed by atoms with van der Waals surface area (Å²) in [6.45, 7) is 3.09. The van der Waals surface area contributed by atoms with Gasteiger partial charge in [0, 0.05) is 0 Å². The van der Waals surface area contributed by atoms with Gasteiger partial charge >= 0.3 is 5.97 Å². The molecule has 0 spiro atoms. The van der Waals surface area contributed by atoms with E-state index in [0.717, 1.165) is 17.7 Å². The van der Waals surface area contributed by atoms with E-state index in [-0.39, 0.29) is 12.3 Å². The Morgan fingerprint density at radius 3 is 2.48 bits per heavy atom. The molecule has 1 amide bonds. The highest BCUT2D eigenvalue weighted by Crippen LogP contribution is 2.26. The molecule has 2 aromatic carbocycles. The van der Waals surface area contributed by atoms with Crippen LogP contribution in [0.2, 0.25) is 5.02 Å². The van der Waals surface area contributed by atoms with Crippen molar-refractivity contribution in [2.75, 3.05) is 6.54 Å². The van der Waals surface area contributed by atoms with E-state index in [1.54, 1.807) is 12.1 Å². The van der Waals surface area contributed by atoms with E-state index >= 15 is 0 Å². The Hall–Kier alpha value is -2.80. The van der Waals surface area contributed by atoms with Crippen LogP contribution in [0.1, 0.15) is 12.5 Å². The third-order valence-electron chi connectivity index (χ3n) is 3.59. The summed E-state index contributed by atoms with van der Waals surface area (Å²) in [5.74, 6) is -1.73. The van der Waals surface area contributed by atoms with Gasteiger partial charge in [-0.2, -0.15) is 0 Å². The van der Waals surface area contributed by atoms with Crippen LogP contribution in [0.4, 0.5) is 4.39 Å². The van der Waals surface area contributed by atoms with Crippen molar-refractivity contribution in [3.63, 3.8) is 0 Å². The molecule has 0 aromatic heterocycles. The first-order chi connectivity index (χ1) is 12.8. The summed E-state index contributed by atoms with van der Waals surface area (Å²) in [6.07, 6.45) is -2.24. The van der Waals surface area contributed by atoms with Gasteiger partial charge < -0.3 is 19.9 Å². The van der Waals surface area contributed by atoms with Crippen LogP contribution in [-0.2, 0) is 9.59 Å². The molecule has 0 bridgehead atoms. The SMILES string of the molecule is Cc1ccc(Cl)c(OC(C)C(=O)NCC(Oc2ccc(F)cc2)C(=O)O)c1. The number of aryl methyl sites for hydroxylation is 1. The molecule has 2 aromatic rings. The molecule has 0 aliphatic rings. The highest BCUT2D eigenvalue weighted by molar-refractivity contribution is 6.32. The quantitative estimate of drug-likeness (QED) is 0.717. The van der Waals surface area contributed by atoms with Gasteiger partial charge in [0.2, 0.25) is 6.10 Å². The normalized spacial score (nSPS) is 12.7. The van der Waals surface area contributed by atoms with Crippen molar-refractivity contribution in [2.24, 2.45) is 0 Å². The second kappa shape index (κ2) is 9.23. The Morgan fingerprint density at radius 1 is 1.19 bits per heavy atom. The Kier molecular flexibility index (Phi) is 7.01. The van der Waals surface area contributed by atoms with Gasteiger partial charge in [-0.3, -0.25) is 4.79 Å². The van der Waals surface area contributed by atoms with Crippen molar-refractivity contribution in [2.45, 2.75) is 26.1 Å². The number of nitrogens with one attached hydrogen (secondary N) is 1. The van der Waals surface area contributed by atoms with Crippen LogP contribution in [0.5, 0.6) is 11.5 Å². The molecule has 8 heteroatoms. The van der Waals surface area contributed by atoms with Crippen LogP contribution in [0.3, 0.4) is 0 Å². The zero-order valence-corrected chi connectivity index (χ0v) is 15.5. The van der Waals surface area contributed by atoms with E-state index in [4.69, 9.17) is 21.1 Å². The number of halogens is 2. The fourth-order valence-electron chi connectivity index (χ4n) is 2.14. The van der Waals surface area contributed by atoms with Crippen molar-refractivity contribution in [1.29, 1.82) is 0 Å². The van der Waals surface area contributed by atoms with Gasteiger partial charge in [-0.1, -0.05) is 17.7 Å². The lowest BCUT2D eigenvalue weighted by atomic mass is 10.2. The molecule has 2 N–H and O–H groups in total. The van der Waals surface area contributed by atoms with E-state index in [9.17, 15) is 19.1 Å². The predicted octanol–water partition coefficient (Wildman–Crippen LogP) is 3.20. The number of carboxylic acid groups (broad SMARTS) is 1. The Balaban J connectivity index is 1.93. The molecule has 6 nitrogen and oxygen atoms in total. The number of carboxylic acids is 1. The standard InChI is InChI=1S/C19H19ClFNO5/c1-11-3-8-15(20)16(9-11)26-12(2)18(23)22-10-17(19(24)25)27-14-6-4-13(21)5-7-14/h3-9,12,17H,10H2,1-2H3,(H,22,23)(H,24,25). The van der Waals surface area contributed by atoms with Crippen molar-refractivity contribution in [3.8, 4) is 11.5 Å². The minimum Gasteiger partial charge on any atom is -0.479 e. The zero-order valence-electron chi connectivity index (χ0n) is 14.7. The Morgan fingerprint density at radius 2 is 1.85 bits per heavy atom. The van der Waals surface area contributed by atoms with Crippen LogP contribution < -0.4 is 14.8 Å². The zero-order chi connectivity index (χ0) is 20.0. The van der Waals surface area contributed by atoms with E-state index in [1.165, 1.54) is 19.1 Å². The summed E-state index contributed by atoms with van der Waals surface area (Å²) in [5.41, 5.74) is 0.917. The highest BCUT2D eigenvalue weighted by atomic mass is 35.5. The van der Waals surface area contributed by atoms with Crippen LogP contribution in [-0.4, -0.2) is 35.7 Å².